The van der Waals surface area contributed by atoms with E-state index in [9.17, 15) is 0 Å². The van der Waals surface area contributed by atoms with Crippen molar-refractivity contribution in [3.8, 4) is 0 Å². The number of anilines is 3. The third kappa shape index (κ3) is 5.30. The molecule has 0 aliphatic heterocycles. The third-order valence-electron chi connectivity index (χ3n) is 5.05. The monoisotopic (exact) mass is 390 g/mol. The zero-order valence-electron chi connectivity index (χ0n) is 17.4. The van der Waals surface area contributed by atoms with E-state index in [-0.39, 0.29) is 0 Å². The second-order valence-electron chi connectivity index (χ2n) is 7.44. The smallest absolute Gasteiger partial charge is 0.0384 e. The molecule has 0 heterocycles. The minimum absolute atomic E-state index is 1.08. The molecular formula is C28H26N2. The molecule has 0 aliphatic rings. The largest absolute Gasteiger partial charge is 0.388 e. The van der Waals surface area contributed by atoms with E-state index in [0.29, 0.717) is 0 Å². The van der Waals surface area contributed by atoms with E-state index < -0.39 is 0 Å². The van der Waals surface area contributed by atoms with E-state index in [2.05, 4.69) is 127 Å². The first kappa shape index (κ1) is 19.8. The highest BCUT2D eigenvalue weighted by molar-refractivity contribution is 5.61. The fraction of sp³-hybridized carbons (Fsp3) is 0.0714. The standard InChI is InChI=1S/C28H26N2/c1-21-3-5-22(6-4-21)19-24-9-15-27(16-10-24)30-28-17-11-25(12-18-28)20-23-7-13-26(29-2)14-8-23/h3-20,29-30H,1-2H3. The Labute approximate surface area is 179 Å². The van der Waals surface area contributed by atoms with Gasteiger partial charge in [0.1, 0.15) is 0 Å². The Morgan fingerprint density at radius 3 is 1.17 bits per heavy atom. The van der Waals surface area contributed by atoms with Gasteiger partial charge in [0, 0.05) is 37.0 Å². The summed E-state index contributed by atoms with van der Waals surface area (Å²) in [7, 11) is 1.93. The van der Waals surface area contributed by atoms with Gasteiger partial charge in [-0.15, -0.1) is 0 Å². The number of aryl methyl sites for hydroxylation is 1. The lowest BCUT2D eigenvalue weighted by molar-refractivity contribution is 1.38. The van der Waals surface area contributed by atoms with Crippen molar-refractivity contribution in [2.24, 2.45) is 0 Å². The van der Waals surface area contributed by atoms with Crippen LogP contribution in [0.2, 0.25) is 0 Å². The summed E-state index contributed by atoms with van der Waals surface area (Å²) in [5.74, 6) is 0. The average molecular weight is 391 g/mol. The van der Waals surface area contributed by atoms with Crippen LogP contribution in [0.15, 0.2) is 97.1 Å². The maximum atomic E-state index is 3.47. The number of benzene rings is 4. The van der Waals surface area contributed by atoms with Crippen molar-refractivity contribution in [3.05, 3.63) is 138 Å². The lowest BCUT2D eigenvalue weighted by Crippen LogP contribution is -1.92. The zero-order valence-corrected chi connectivity index (χ0v) is 17.4. The van der Waals surface area contributed by atoms with Crippen LogP contribution in [0.5, 0.6) is 0 Å². The summed E-state index contributed by atoms with van der Waals surface area (Å²) in [6.07, 6.45) is 4.37. The van der Waals surface area contributed by atoms with Gasteiger partial charge in [-0.1, -0.05) is 66.2 Å². The summed E-state index contributed by atoms with van der Waals surface area (Å²) in [5.41, 5.74) is 9.34. The number of hydrogen-bond donors (Lipinski definition) is 2. The van der Waals surface area contributed by atoms with E-state index in [1.807, 2.05) is 7.05 Å². The molecule has 2 N–H and O–H groups in total. The quantitative estimate of drug-likeness (QED) is 0.356. The molecule has 0 atom stereocenters. The Hall–Kier alpha value is -3.52. The fourth-order valence-electron chi connectivity index (χ4n) is 3.29. The fourth-order valence-corrected chi connectivity index (χ4v) is 3.29. The Morgan fingerprint density at radius 2 is 0.800 bits per heavy atom. The molecule has 4 aromatic carbocycles. The molecule has 0 aliphatic carbocycles. The molecule has 0 unspecified atom stereocenters. The van der Waals surface area contributed by atoms with Crippen molar-refractivity contribution in [2.45, 2.75) is 6.92 Å². The molecule has 0 aromatic heterocycles. The summed E-state index contributed by atoms with van der Waals surface area (Å²) < 4.78 is 0. The van der Waals surface area contributed by atoms with Crippen molar-refractivity contribution >= 4 is 17.1 Å². The average Bonchev–Trinajstić information content (AvgIpc) is 2.78. The lowest BCUT2D eigenvalue weighted by atomic mass is 10.0. The number of hydrogen-bond acceptors (Lipinski definition) is 2. The van der Waals surface area contributed by atoms with E-state index in [1.165, 1.54) is 27.8 Å². The Balaban J connectivity index is 1.35. The van der Waals surface area contributed by atoms with Gasteiger partial charge < -0.3 is 10.6 Å². The van der Waals surface area contributed by atoms with Crippen LogP contribution >= 0.6 is 0 Å². The third-order valence-corrected chi connectivity index (χ3v) is 5.05. The Morgan fingerprint density at radius 1 is 0.467 bits per heavy atom. The first-order valence-corrected chi connectivity index (χ1v) is 10.2. The number of nitrogens with one attached hydrogen (secondary N) is 2. The second kappa shape index (κ2) is 9.32. The van der Waals surface area contributed by atoms with Crippen molar-refractivity contribution in [2.75, 3.05) is 17.7 Å². The second-order valence-corrected chi connectivity index (χ2v) is 7.44. The summed E-state index contributed by atoms with van der Waals surface area (Å²) >= 11 is 0. The molecule has 0 saturated carbocycles. The van der Waals surface area contributed by atoms with Crippen molar-refractivity contribution in [1.82, 2.24) is 0 Å². The van der Waals surface area contributed by atoms with E-state index in [4.69, 9.17) is 0 Å². The van der Waals surface area contributed by atoms with Gasteiger partial charge in [-0.25, -0.2) is 0 Å². The molecule has 30 heavy (non-hydrogen) atoms. The highest BCUT2D eigenvalue weighted by Crippen LogP contribution is 2.21. The normalized spacial score (nSPS) is 10.6. The molecule has 0 spiro atoms. The summed E-state index contributed by atoms with van der Waals surface area (Å²) in [6.45, 7) is 2.11. The van der Waals surface area contributed by atoms with E-state index in [1.54, 1.807) is 0 Å². The molecule has 2 nitrogen and oxygen atoms in total. The highest BCUT2D eigenvalue weighted by atomic mass is 14.9. The van der Waals surface area contributed by atoms with Crippen LogP contribution in [-0.2, 0) is 0 Å². The van der Waals surface area contributed by atoms with Gasteiger partial charge in [0.2, 0.25) is 0 Å². The zero-order chi connectivity index (χ0) is 20.8. The van der Waals surface area contributed by atoms with Gasteiger partial charge in [-0.05, 0) is 65.6 Å². The molecule has 2 radical (unpaired) electrons. The maximum Gasteiger partial charge on any atom is 0.0384 e. The number of rotatable bonds is 7. The van der Waals surface area contributed by atoms with Gasteiger partial charge in [-0.3, -0.25) is 0 Å². The van der Waals surface area contributed by atoms with Crippen LogP contribution in [0.25, 0.3) is 0 Å². The van der Waals surface area contributed by atoms with E-state index in [0.717, 1.165) is 17.1 Å². The van der Waals surface area contributed by atoms with E-state index >= 15 is 0 Å². The molecule has 0 bridgehead atoms. The predicted molar refractivity (Wildman–Crippen MR) is 128 cm³/mol. The maximum absolute atomic E-state index is 3.47. The molecule has 0 saturated heterocycles. The molecule has 2 heteroatoms. The molecule has 4 rings (SSSR count). The first-order valence-electron chi connectivity index (χ1n) is 10.2. The van der Waals surface area contributed by atoms with Gasteiger partial charge in [0.05, 0.1) is 0 Å². The van der Waals surface area contributed by atoms with Crippen LogP contribution in [0.1, 0.15) is 27.8 Å². The minimum atomic E-state index is 1.08. The van der Waals surface area contributed by atoms with Gasteiger partial charge in [-0.2, -0.15) is 0 Å². The first-order chi connectivity index (χ1) is 14.7. The molecule has 0 fully saturated rings. The molecular weight excluding hydrogens is 364 g/mol. The van der Waals surface area contributed by atoms with Crippen molar-refractivity contribution < 1.29 is 0 Å². The molecule has 0 amide bonds. The van der Waals surface area contributed by atoms with Gasteiger partial charge in [0.25, 0.3) is 0 Å². The highest BCUT2D eigenvalue weighted by Gasteiger charge is 2.01. The predicted octanol–water partition coefficient (Wildman–Crippen LogP) is 6.98. The van der Waals surface area contributed by atoms with Crippen LogP contribution in [0, 0.1) is 19.8 Å². The molecule has 148 valence electrons. The Kier molecular flexibility index (Phi) is 6.14. The summed E-state index contributed by atoms with van der Waals surface area (Å²) in [4.78, 5) is 0. The SMILES string of the molecule is CNc1ccc([CH]c2ccc(Nc3ccc([CH]c4ccc(C)cc4)cc3)cc2)cc1. The van der Waals surface area contributed by atoms with Crippen molar-refractivity contribution in [3.63, 3.8) is 0 Å². The van der Waals surface area contributed by atoms with Crippen LogP contribution in [0.4, 0.5) is 17.1 Å². The molecule has 4 aromatic rings. The lowest BCUT2D eigenvalue weighted by Gasteiger charge is -2.09. The van der Waals surface area contributed by atoms with Gasteiger partial charge >= 0.3 is 0 Å². The van der Waals surface area contributed by atoms with Crippen LogP contribution in [-0.4, -0.2) is 7.05 Å². The minimum Gasteiger partial charge on any atom is -0.388 e. The summed E-state index contributed by atoms with van der Waals surface area (Å²) in [6, 6.07) is 34.0. The summed E-state index contributed by atoms with van der Waals surface area (Å²) in [5, 5.41) is 6.61. The van der Waals surface area contributed by atoms with Crippen molar-refractivity contribution in [1.29, 1.82) is 0 Å². The van der Waals surface area contributed by atoms with Gasteiger partial charge in [0.15, 0.2) is 0 Å². The van der Waals surface area contributed by atoms with Crippen LogP contribution < -0.4 is 10.6 Å². The topological polar surface area (TPSA) is 24.1 Å². The Bertz CT molecular complexity index is 1060. The van der Waals surface area contributed by atoms with Crippen LogP contribution in [0.3, 0.4) is 0 Å².